The van der Waals surface area contributed by atoms with E-state index >= 15 is 0 Å². The molecule has 6 nitrogen and oxygen atoms in total. The van der Waals surface area contributed by atoms with Gasteiger partial charge in [0.2, 0.25) is 5.91 Å². The summed E-state index contributed by atoms with van der Waals surface area (Å²) in [5.41, 5.74) is 7.69. The van der Waals surface area contributed by atoms with Crippen molar-refractivity contribution in [1.29, 1.82) is 0 Å². The van der Waals surface area contributed by atoms with Crippen LogP contribution in [0.4, 0.5) is 5.82 Å². The first-order valence-electron chi connectivity index (χ1n) is 6.56. The van der Waals surface area contributed by atoms with Crippen molar-refractivity contribution in [3.8, 4) is 0 Å². The first-order chi connectivity index (χ1) is 9.27. The van der Waals surface area contributed by atoms with Crippen molar-refractivity contribution in [3.05, 3.63) is 22.9 Å². The highest BCUT2D eigenvalue weighted by molar-refractivity contribution is 6.06. The topological polar surface area (TPSA) is 88.3 Å². The SMILES string of the molecule is Cc1cc(C)c(CN)c(N2CC(=O)NC(=O)C2(C)C)n1. The molecule has 0 spiro atoms. The Morgan fingerprint density at radius 3 is 2.65 bits per heavy atom. The first-order valence-corrected chi connectivity index (χ1v) is 6.56. The van der Waals surface area contributed by atoms with Crippen LogP contribution in [0.1, 0.15) is 30.7 Å². The molecule has 0 unspecified atom stereocenters. The minimum absolute atomic E-state index is 0.0988. The van der Waals surface area contributed by atoms with Crippen LogP contribution in [0.3, 0.4) is 0 Å². The lowest BCUT2D eigenvalue weighted by molar-refractivity contribution is -0.135. The van der Waals surface area contributed by atoms with Crippen molar-refractivity contribution in [2.24, 2.45) is 5.73 Å². The van der Waals surface area contributed by atoms with E-state index in [4.69, 9.17) is 5.73 Å². The fourth-order valence-electron chi connectivity index (χ4n) is 2.44. The number of rotatable bonds is 2. The fourth-order valence-corrected chi connectivity index (χ4v) is 2.44. The van der Waals surface area contributed by atoms with Gasteiger partial charge in [0.05, 0.1) is 6.54 Å². The number of nitrogens with zero attached hydrogens (tertiary/aromatic N) is 2. The van der Waals surface area contributed by atoms with Crippen molar-refractivity contribution in [2.45, 2.75) is 39.8 Å². The van der Waals surface area contributed by atoms with Crippen molar-refractivity contribution in [3.63, 3.8) is 0 Å². The zero-order valence-corrected chi connectivity index (χ0v) is 12.3. The number of hydrogen-bond donors (Lipinski definition) is 2. The van der Waals surface area contributed by atoms with Gasteiger partial charge in [-0.2, -0.15) is 0 Å². The largest absolute Gasteiger partial charge is 0.333 e. The van der Waals surface area contributed by atoms with Crippen LogP contribution < -0.4 is 16.0 Å². The van der Waals surface area contributed by atoms with Crippen molar-refractivity contribution < 1.29 is 9.59 Å². The normalized spacial score (nSPS) is 18.1. The Balaban J connectivity index is 2.59. The van der Waals surface area contributed by atoms with E-state index in [-0.39, 0.29) is 18.4 Å². The summed E-state index contributed by atoms with van der Waals surface area (Å²) in [7, 11) is 0. The predicted octanol–water partition coefficient (Wildman–Crippen LogP) is 0.399. The highest BCUT2D eigenvalue weighted by Gasteiger charge is 2.42. The molecule has 2 amide bonds. The van der Waals surface area contributed by atoms with E-state index in [0.29, 0.717) is 12.4 Å². The van der Waals surface area contributed by atoms with Gasteiger partial charge in [0, 0.05) is 17.8 Å². The van der Waals surface area contributed by atoms with E-state index < -0.39 is 5.54 Å². The summed E-state index contributed by atoms with van der Waals surface area (Å²) in [6, 6.07) is 1.95. The summed E-state index contributed by atoms with van der Waals surface area (Å²) in [5, 5.41) is 2.36. The molecule has 1 aromatic rings. The van der Waals surface area contributed by atoms with E-state index in [1.807, 2.05) is 19.9 Å². The number of amides is 2. The number of nitrogens with one attached hydrogen (secondary N) is 1. The van der Waals surface area contributed by atoms with E-state index in [9.17, 15) is 9.59 Å². The summed E-state index contributed by atoms with van der Waals surface area (Å²) in [4.78, 5) is 30.0. The molecular weight excluding hydrogens is 256 g/mol. The van der Waals surface area contributed by atoms with Crippen molar-refractivity contribution in [1.82, 2.24) is 10.3 Å². The standard InChI is InChI=1S/C14H20N4O2/c1-8-5-9(2)16-12(10(8)6-15)18-7-11(19)17-13(20)14(18,3)4/h5H,6-7,15H2,1-4H3,(H,17,19,20). The molecule has 0 saturated carbocycles. The van der Waals surface area contributed by atoms with Gasteiger partial charge < -0.3 is 10.6 Å². The van der Waals surface area contributed by atoms with E-state index in [1.54, 1.807) is 18.7 Å². The quantitative estimate of drug-likeness (QED) is 0.763. The maximum atomic E-state index is 12.0. The lowest BCUT2D eigenvalue weighted by Crippen LogP contribution is -2.64. The van der Waals surface area contributed by atoms with Crippen LogP contribution in [0.15, 0.2) is 6.07 Å². The third-order valence-corrected chi connectivity index (χ3v) is 3.70. The molecule has 2 heterocycles. The van der Waals surface area contributed by atoms with Gasteiger partial charge in [-0.1, -0.05) is 0 Å². The summed E-state index contributed by atoms with van der Waals surface area (Å²) < 4.78 is 0. The molecule has 0 aromatic carbocycles. The number of piperazine rings is 1. The second-order valence-corrected chi connectivity index (χ2v) is 5.61. The van der Waals surface area contributed by atoms with Crippen LogP contribution >= 0.6 is 0 Å². The molecule has 108 valence electrons. The maximum Gasteiger partial charge on any atom is 0.251 e. The molecule has 0 atom stereocenters. The van der Waals surface area contributed by atoms with Gasteiger partial charge in [0.25, 0.3) is 5.91 Å². The van der Waals surface area contributed by atoms with Gasteiger partial charge in [0.1, 0.15) is 11.4 Å². The van der Waals surface area contributed by atoms with E-state index in [2.05, 4.69) is 10.3 Å². The average molecular weight is 276 g/mol. The van der Waals surface area contributed by atoms with Crippen LogP contribution in [0.25, 0.3) is 0 Å². The highest BCUT2D eigenvalue weighted by atomic mass is 16.2. The molecular formula is C14H20N4O2. The lowest BCUT2D eigenvalue weighted by Gasteiger charge is -2.42. The molecule has 6 heteroatoms. The summed E-state index contributed by atoms with van der Waals surface area (Å²) in [5.74, 6) is -0.0193. The smallest absolute Gasteiger partial charge is 0.251 e. The third-order valence-electron chi connectivity index (χ3n) is 3.70. The Bertz CT molecular complexity index is 581. The summed E-state index contributed by atoms with van der Waals surface area (Å²) in [6.07, 6.45) is 0. The molecule has 1 aliphatic rings. The highest BCUT2D eigenvalue weighted by Crippen LogP contribution is 2.29. The van der Waals surface area contributed by atoms with Gasteiger partial charge in [-0.15, -0.1) is 0 Å². The number of pyridine rings is 1. The number of carbonyl (C=O) groups excluding carboxylic acids is 2. The van der Waals surface area contributed by atoms with Gasteiger partial charge >= 0.3 is 0 Å². The number of imide groups is 1. The van der Waals surface area contributed by atoms with Gasteiger partial charge in [-0.25, -0.2) is 4.98 Å². The number of carbonyl (C=O) groups is 2. The minimum atomic E-state index is -0.842. The number of anilines is 1. The molecule has 20 heavy (non-hydrogen) atoms. The van der Waals surface area contributed by atoms with Gasteiger partial charge in [-0.3, -0.25) is 14.9 Å². The molecule has 2 rings (SSSR count). The molecule has 0 aliphatic carbocycles. The average Bonchev–Trinajstić information content (AvgIpc) is 2.33. The van der Waals surface area contributed by atoms with Crippen LogP contribution in [0, 0.1) is 13.8 Å². The molecule has 3 N–H and O–H groups in total. The van der Waals surface area contributed by atoms with Crippen molar-refractivity contribution >= 4 is 17.6 Å². The van der Waals surface area contributed by atoms with E-state index in [0.717, 1.165) is 16.8 Å². The van der Waals surface area contributed by atoms with Crippen molar-refractivity contribution in [2.75, 3.05) is 11.4 Å². The lowest BCUT2D eigenvalue weighted by atomic mass is 9.97. The Morgan fingerprint density at radius 2 is 2.05 bits per heavy atom. The monoisotopic (exact) mass is 276 g/mol. The van der Waals surface area contributed by atoms with Crippen LogP contribution in [0.2, 0.25) is 0 Å². The maximum absolute atomic E-state index is 12.0. The van der Waals surface area contributed by atoms with Crippen LogP contribution in [-0.4, -0.2) is 28.9 Å². The van der Waals surface area contributed by atoms with Gasteiger partial charge in [-0.05, 0) is 39.3 Å². The zero-order chi connectivity index (χ0) is 15.1. The summed E-state index contributed by atoms with van der Waals surface area (Å²) in [6.45, 7) is 7.80. The molecule has 0 radical (unpaired) electrons. The Hall–Kier alpha value is -1.95. The first kappa shape index (κ1) is 14.5. The van der Waals surface area contributed by atoms with Gasteiger partial charge in [0.15, 0.2) is 0 Å². The molecule has 1 fully saturated rings. The Morgan fingerprint density at radius 1 is 1.40 bits per heavy atom. The third kappa shape index (κ3) is 2.27. The number of aromatic nitrogens is 1. The predicted molar refractivity (Wildman–Crippen MR) is 76.2 cm³/mol. The molecule has 1 aromatic heterocycles. The Kier molecular flexibility index (Phi) is 3.52. The minimum Gasteiger partial charge on any atom is -0.333 e. The number of aryl methyl sites for hydroxylation is 2. The molecule has 0 bridgehead atoms. The zero-order valence-electron chi connectivity index (χ0n) is 12.3. The van der Waals surface area contributed by atoms with Crippen LogP contribution in [0.5, 0.6) is 0 Å². The van der Waals surface area contributed by atoms with E-state index in [1.165, 1.54) is 0 Å². The van der Waals surface area contributed by atoms with Crippen LogP contribution in [-0.2, 0) is 16.1 Å². The molecule has 1 saturated heterocycles. The second kappa shape index (κ2) is 4.86. The summed E-state index contributed by atoms with van der Waals surface area (Å²) >= 11 is 0. The molecule has 1 aliphatic heterocycles. The fraction of sp³-hybridized carbons (Fsp3) is 0.500. The number of hydrogen-bond acceptors (Lipinski definition) is 5. The Labute approximate surface area is 118 Å². The second-order valence-electron chi connectivity index (χ2n) is 5.61. The number of nitrogens with two attached hydrogens (primary N) is 1.